The number of benzene rings is 1. The minimum Gasteiger partial charge on any atom is -0.341 e. The van der Waals surface area contributed by atoms with E-state index in [1.165, 1.54) is 18.2 Å². The van der Waals surface area contributed by atoms with Crippen molar-refractivity contribution in [3.05, 3.63) is 29.0 Å². The van der Waals surface area contributed by atoms with Crippen LogP contribution < -0.4 is 10.6 Å². The van der Waals surface area contributed by atoms with Gasteiger partial charge in [0.15, 0.2) is 0 Å². The molecule has 1 aromatic carbocycles. The maximum Gasteiger partial charge on any atom is 0.239 e. The van der Waals surface area contributed by atoms with Gasteiger partial charge in [0.25, 0.3) is 0 Å². The highest BCUT2D eigenvalue weighted by Crippen LogP contribution is 2.23. The first-order valence-electron chi connectivity index (χ1n) is 8.32. The molecule has 0 aliphatic carbocycles. The molecule has 8 heteroatoms. The summed E-state index contributed by atoms with van der Waals surface area (Å²) in [6.45, 7) is 2.09. The van der Waals surface area contributed by atoms with E-state index in [9.17, 15) is 14.0 Å². The fourth-order valence-corrected chi connectivity index (χ4v) is 3.48. The predicted molar refractivity (Wildman–Crippen MR) is 97.6 cm³/mol. The van der Waals surface area contributed by atoms with E-state index in [2.05, 4.69) is 10.6 Å². The van der Waals surface area contributed by atoms with Gasteiger partial charge in [-0.1, -0.05) is 11.6 Å². The van der Waals surface area contributed by atoms with E-state index in [1.807, 2.05) is 4.90 Å². The lowest BCUT2D eigenvalue weighted by atomic mass is 9.95. The van der Waals surface area contributed by atoms with Crippen molar-refractivity contribution >= 4 is 41.5 Å². The van der Waals surface area contributed by atoms with Gasteiger partial charge in [0.2, 0.25) is 11.8 Å². The second-order valence-electron chi connectivity index (χ2n) is 6.37. The molecule has 2 saturated heterocycles. The lowest BCUT2D eigenvalue weighted by Crippen LogP contribution is -2.48. The summed E-state index contributed by atoms with van der Waals surface area (Å²) in [6, 6.07) is 4.06. The number of nitrogens with zero attached hydrogens (tertiary/aromatic N) is 1. The number of halogens is 3. The molecule has 1 unspecified atom stereocenters. The molecule has 25 heavy (non-hydrogen) atoms. The zero-order chi connectivity index (χ0) is 17.1. The van der Waals surface area contributed by atoms with Crippen LogP contribution in [0.5, 0.6) is 0 Å². The Morgan fingerprint density at radius 2 is 1.96 bits per heavy atom. The van der Waals surface area contributed by atoms with Crippen LogP contribution in [0.15, 0.2) is 18.2 Å². The molecule has 0 spiro atoms. The molecule has 2 fully saturated rings. The van der Waals surface area contributed by atoms with E-state index >= 15 is 0 Å². The number of hydrogen-bond donors (Lipinski definition) is 2. The lowest BCUT2D eigenvalue weighted by Gasteiger charge is -2.33. The molecule has 1 aromatic rings. The first-order valence-corrected chi connectivity index (χ1v) is 8.70. The lowest BCUT2D eigenvalue weighted by molar-refractivity contribution is -0.136. The largest absolute Gasteiger partial charge is 0.341 e. The molecule has 2 aliphatic rings. The van der Waals surface area contributed by atoms with Crippen LogP contribution in [0.25, 0.3) is 0 Å². The van der Waals surface area contributed by atoms with Gasteiger partial charge in [-0.15, -0.1) is 12.4 Å². The number of carbonyl (C=O) groups is 2. The SMILES string of the molecule is Cl.O=C(Nc1ccc(F)c(Cl)c1)C1CCN(C(=O)C2CCCN2)CC1. The molecule has 1 atom stereocenters. The summed E-state index contributed by atoms with van der Waals surface area (Å²) < 4.78 is 13.2. The third-order valence-electron chi connectivity index (χ3n) is 4.72. The summed E-state index contributed by atoms with van der Waals surface area (Å²) >= 11 is 5.72. The van der Waals surface area contributed by atoms with E-state index in [-0.39, 0.29) is 41.2 Å². The van der Waals surface area contributed by atoms with Crippen LogP contribution in [0.1, 0.15) is 25.7 Å². The third-order valence-corrected chi connectivity index (χ3v) is 5.01. The quantitative estimate of drug-likeness (QED) is 0.835. The van der Waals surface area contributed by atoms with E-state index in [0.717, 1.165) is 19.4 Å². The van der Waals surface area contributed by atoms with Gasteiger partial charge in [-0.05, 0) is 50.4 Å². The van der Waals surface area contributed by atoms with Crippen molar-refractivity contribution in [2.75, 3.05) is 25.0 Å². The van der Waals surface area contributed by atoms with Gasteiger partial charge < -0.3 is 15.5 Å². The minimum absolute atomic E-state index is 0. The maximum absolute atomic E-state index is 13.2. The number of hydrogen-bond acceptors (Lipinski definition) is 3. The van der Waals surface area contributed by atoms with Gasteiger partial charge in [-0.25, -0.2) is 4.39 Å². The number of carbonyl (C=O) groups excluding carboxylic acids is 2. The van der Waals surface area contributed by atoms with E-state index < -0.39 is 5.82 Å². The highest BCUT2D eigenvalue weighted by molar-refractivity contribution is 6.31. The number of likely N-dealkylation sites (tertiary alicyclic amines) is 1. The Labute approximate surface area is 157 Å². The summed E-state index contributed by atoms with van der Waals surface area (Å²) in [4.78, 5) is 26.5. The molecule has 5 nitrogen and oxygen atoms in total. The third kappa shape index (κ3) is 4.84. The van der Waals surface area contributed by atoms with Crippen molar-refractivity contribution in [1.82, 2.24) is 10.2 Å². The summed E-state index contributed by atoms with van der Waals surface area (Å²) in [6.07, 6.45) is 3.21. The van der Waals surface area contributed by atoms with Crippen LogP contribution in [-0.4, -0.2) is 42.4 Å². The maximum atomic E-state index is 13.2. The molecule has 2 N–H and O–H groups in total. The Morgan fingerprint density at radius 1 is 1.24 bits per heavy atom. The van der Waals surface area contributed by atoms with E-state index in [4.69, 9.17) is 11.6 Å². The van der Waals surface area contributed by atoms with Gasteiger partial charge in [-0.3, -0.25) is 9.59 Å². The first-order chi connectivity index (χ1) is 11.5. The number of rotatable bonds is 3. The zero-order valence-corrected chi connectivity index (χ0v) is 15.3. The van der Waals surface area contributed by atoms with Crippen LogP contribution in [0.4, 0.5) is 10.1 Å². The van der Waals surface area contributed by atoms with Crippen LogP contribution in [0, 0.1) is 11.7 Å². The highest BCUT2D eigenvalue weighted by atomic mass is 35.5. The van der Waals surface area contributed by atoms with Gasteiger partial charge >= 0.3 is 0 Å². The van der Waals surface area contributed by atoms with E-state index in [0.29, 0.717) is 31.6 Å². The summed E-state index contributed by atoms with van der Waals surface area (Å²) in [5.74, 6) is -0.614. The normalized spacial score (nSPS) is 20.9. The summed E-state index contributed by atoms with van der Waals surface area (Å²) in [5.41, 5.74) is 0.486. The molecule has 0 aromatic heterocycles. The molecule has 3 rings (SSSR count). The molecule has 138 valence electrons. The van der Waals surface area contributed by atoms with Gasteiger partial charge in [0.05, 0.1) is 11.1 Å². The van der Waals surface area contributed by atoms with Gasteiger partial charge in [0.1, 0.15) is 5.82 Å². The van der Waals surface area contributed by atoms with E-state index in [1.54, 1.807) is 0 Å². The smallest absolute Gasteiger partial charge is 0.239 e. The zero-order valence-electron chi connectivity index (χ0n) is 13.8. The van der Waals surface area contributed by atoms with Gasteiger partial charge in [0, 0.05) is 24.7 Å². The molecule has 0 saturated carbocycles. The fourth-order valence-electron chi connectivity index (χ4n) is 3.30. The molecule has 0 radical (unpaired) electrons. The second kappa shape index (κ2) is 8.83. The Morgan fingerprint density at radius 3 is 2.56 bits per heavy atom. The second-order valence-corrected chi connectivity index (χ2v) is 6.77. The van der Waals surface area contributed by atoms with Crippen LogP contribution in [-0.2, 0) is 9.59 Å². The molecule has 0 bridgehead atoms. The number of piperidine rings is 1. The standard InChI is InChI=1S/C17H21ClFN3O2.ClH/c18-13-10-12(3-4-14(13)19)21-16(23)11-5-8-22(9-6-11)17(24)15-2-1-7-20-15;/h3-4,10-11,15,20H,1-2,5-9H2,(H,21,23);1H. The topological polar surface area (TPSA) is 61.4 Å². The van der Waals surface area contributed by atoms with Crippen molar-refractivity contribution < 1.29 is 14.0 Å². The van der Waals surface area contributed by atoms with Gasteiger partial charge in [-0.2, -0.15) is 0 Å². The Kier molecular flexibility index (Phi) is 7.04. The Balaban J connectivity index is 0.00000225. The average molecular weight is 390 g/mol. The average Bonchev–Trinajstić information content (AvgIpc) is 3.12. The molecule has 2 amide bonds. The minimum atomic E-state index is -0.512. The van der Waals surface area contributed by atoms with Crippen molar-refractivity contribution in [1.29, 1.82) is 0 Å². The molecular formula is C17H22Cl2FN3O2. The van der Waals surface area contributed by atoms with Crippen LogP contribution in [0.2, 0.25) is 5.02 Å². The number of anilines is 1. The van der Waals surface area contributed by atoms with Crippen molar-refractivity contribution in [2.24, 2.45) is 5.92 Å². The highest BCUT2D eigenvalue weighted by Gasteiger charge is 2.31. The van der Waals surface area contributed by atoms with Crippen molar-refractivity contribution in [2.45, 2.75) is 31.7 Å². The van der Waals surface area contributed by atoms with Crippen LogP contribution in [0.3, 0.4) is 0 Å². The molecule has 2 aliphatic heterocycles. The Hall–Kier alpha value is -1.37. The van der Waals surface area contributed by atoms with Crippen molar-refractivity contribution in [3.63, 3.8) is 0 Å². The Bertz CT molecular complexity index is 630. The molecular weight excluding hydrogens is 368 g/mol. The fraction of sp³-hybridized carbons (Fsp3) is 0.529. The predicted octanol–water partition coefficient (Wildman–Crippen LogP) is 2.83. The molecule has 2 heterocycles. The van der Waals surface area contributed by atoms with Crippen molar-refractivity contribution in [3.8, 4) is 0 Å². The summed E-state index contributed by atoms with van der Waals surface area (Å²) in [7, 11) is 0. The van der Waals surface area contributed by atoms with Crippen LogP contribution >= 0.6 is 24.0 Å². The first kappa shape index (κ1) is 19.9. The summed E-state index contributed by atoms with van der Waals surface area (Å²) in [5, 5.41) is 5.97. The number of nitrogens with one attached hydrogen (secondary N) is 2. The monoisotopic (exact) mass is 389 g/mol. The number of amides is 2.